The van der Waals surface area contributed by atoms with Gasteiger partial charge in [0.25, 0.3) is 5.91 Å². The number of carbonyl (C=O) groups excluding carboxylic acids is 1. The Bertz CT molecular complexity index is 1840. The van der Waals surface area contributed by atoms with E-state index in [-0.39, 0.29) is 17.8 Å². The number of piperazine rings is 1. The van der Waals surface area contributed by atoms with Gasteiger partial charge in [0.1, 0.15) is 0 Å². The third kappa shape index (κ3) is 6.74. The molecule has 6 rings (SSSR count). The van der Waals surface area contributed by atoms with E-state index >= 15 is 0 Å². The highest BCUT2D eigenvalue weighted by atomic mass is 19.4. The minimum atomic E-state index is -4.55. The normalized spacial score (nSPS) is 14.6. The molecule has 1 N–H and O–H groups in total. The van der Waals surface area contributed by atoms with Gasteiger partial charge in [0.05, 0.1) is 22.3 Å². The van der Waals surface area contributed by atoms with Crippen LogP contribution in [-0.4, -0.2) is 68.5 Å². The molecule has 1 saturated heterocycles. The van der Waals surface area contributed by atoms with E-state index in [2.05, 4.69) is 15.2 Å². The van der Waals surface area contributed by atoms with Crippen molar-refractivity contribution in [3.8, 4) is 11.4 Å². The highest BCUT2D eigenvalue weighted by molar-refractivity contribution is 6.04. The molecule has 0 unspecified atom stereocenters. The third-order valence-corrected chi connectivity index (χ3v) is 8.36. The molecule has 1 fully saturated rings. The van der Waals surface area contributed by atoms with E-state index in [0.29, 0.717) is 30.9 Å². The van der Waals surface area contributed by atoms with Crippen molar-refractivity contribution in [3.63, 3.8) is 0 Å². The molecular formula is C34H34F3N7O. The van der Waals surface area contributed by atoms with E-state index in [4.69, 9.17) is 9.97 Å². The first-order chi connectivity index (χ1) is 21.5. The summed E-state index contributed by atoms with van der Waals surface area (Å²) < 4.78 is 44.3. The number of aromatic nitrogens is 4. The number of amides is 1. The molecule has 8 nitrogen and oxygen atoms in total. The summed E-state index contributed by atoms with van der Waals surface area (Å²) in [4.78, 5) is 31.3. The fourth-order valence-corrected chi connectivity index (χ4v) is 5.72. The number of anilines is 1. The highest BCUT2D eigenvalue weighted by Crippen LogP contribution is 2.35. The average molecular weight is 614 g/mol. The van der Waals surface area contributed by atoms with Crippen molar-refractivity contribution in [1.82, 2.24) is 29.3 Å². The fraction of sp³-hybridized carbons (Fsp3) is 0.294. The zero-order valence-corrected chi connectivity index (χ0v) is 25.4. The topological polar surface area (TPSA) is 79.2 Å². The van der Waals surface area contributed by atoms with Crippen LogP contribution in [0.15, 0.2) is 73.2 Å². The van der Waals surface area contributed by atoms with Crippen LogP contribution in [0.4, 0.5) is 18.9 Å². The lowest BCUT2D eigenvalue weighted by Gasteiger charge is -2.33. The van der Waals surface area contributed by atoms with Crippen LogP contribution < -0.4 is 5.32 Å². The Morgan fingerprint density at radius 2 is 1.67 bits per heavy atom. The fourth-order valence-electron chi connectivity index (χ4n) is 5.72. The van der Waals surface area contributed by atoms with Gasteiger partial charge in [0.2, 0.25) is 0 Å². The van der Waals surface area contributed by atoms with Gasteiger partial charge in [0.15, 0.2) is 5.82 Å². The standard InChI is InChI=1S/C34H34F3N7O/c1-22-4-5-24(18-26(22)19-30-31-29(10-13-43(31)3)40-32(41-30)23-8-11-38-12-9-23)33(45)39-27-7-6-25(28(20-27)34(35,36)37)21-44-16-14-42(2)15-17-44/h4-13,18,20H,14-17,19,21H2,1-3H3,(H,39,45). The lowest BCUT2D eigenvalue weighted by atomic mass is 9.99. The number of carbonyl (C=O) groups is 1. The highest BCUT2D eigenvalue weighted by Gasteiger charge is 2.34. The van der Waals surface area contributed by atoms with Gasteiger partial charge in [-0.25, -0.2) is 9.97 Å². The maximum atomic E-state index is 14.1. The zero-order chi connectivity index (χ0) is 31.7. The monoisotopic (exact) mass is 613 g/mol. The predicted molar refractivity (Wildman–Crippen MR) is 168 cm³/mol. The number of hydrogen-bond acceptors (Lipinski definition) is 6. The van der Waals surface area contributed by atoms with Crippen molar-refractivity contribution in [3.05, 3.63) is 107 Å². The Hall–Kier alpha value is -4.61. The molecule has 0 saturated carbocycles. The van der Waals surface area contributed by atoms with Crippen LogP contribution in [0.25, 0.3) is 22.4 Å². The smallest absolute Gasteiger partial charge is 0.348 e. The summed E-state index contributed by atoms with van der Waals surface area (Å²) in [5.74, 6) is 0.0922. The van der Waals surface area contributed by atoms with Crippen LogP contribution in [0.2, 0.25) is 0 Å². The van der Waals surface area contributed by atoms with Crippen molar-refractivity contribution in [2.24, 2.45) is 7.05 Å². The number of halogens is 3. The van der Waals surface area contributed by atoms with Crippen LogP contribution in [0.1, 0.15) is 38.3 Å². The maximum Gasteiger partial charge on any atom is 0.416 e. The molecule has 3 aromatic heterocycles. The van der Waals surface area contributed by atoms with Gasteiger partial charge in [-0.3, -0.25) is 14.7 Å². The third-order valence-electron chi connectivity index (χ3n) is 8.36. The molecule has 0 aliphatic carbocycles. The van der Waals surface area contributed by atoms with Gasteiger partial charge < -0.3 is 14.8 Å². The summed E-state index contributed by atoms with van der Waals surface area (Å²) in [7, 11) is 3.94. The van der Waals surface area contributed by atoms with Gasteiger partial charge >= 0.3 is 6.18 Å². The second-order valence-corrected chi connectivity index (χ2v) is 11.6. The largest absolute Gasteiger partial charge is 0.416 e. The number of hydrogen-bond donors (Lipinski definition) is 1. The Labute approximate surface area is 259 Å². The molecule has 1 aliphatic rings. The number of fused-ring (bicyclic) bond motifs is 1. The summed E-state index contributed by atoms with van der Waals surface area (Å²) in [6, 6.07) is 15.0. The van der Waals surface area contributed by atoms with E-state index in [1.807, 2.05) is 60.9 Å². The number of benzene rings is 2. The van der Waals surface area contributed by atoms with Crippen molar-refractivity contribution in [2.75, 3.05) is 38.5 Å². The molecule has 4 heterocycles. The average Bonchev–Trinajstić information content (AvgIpc) is 3.40. The summed E-state index contributed by atoms with van der Waals surface area (Å²) >= 11 is 0. The summed E-state index contributed by atoms with van der Waals surface area (Å²) in [6.45, 7) is 5.20. The minimum absolute atomic E-state index is 0.0971. The number of nitrogens with zero attached hydrogens (tertiary/aromatic N) is 6. The summed E-state index contributed by atoms with van der Waals surface area (Å²) in [5, 5.41) is 2.69. The first kappa shape index (κ1) is 30.4. The van der Waals surface area contributed by atoms with Crippen LogP contribution >= 0.6 is 0 Å². The maximum absolute atomic E-state index is 14.1. The summed E-state index contributed by atoms with van der Waals surface area (Å²) in [5.41, 5.74) is 5.08. The molecular weight excluding hydrogens is 579 g/mol. The van der Waals surface area contributed by atoms with E-state index in [9.17, 15) is 18.0 Å². The van der Waals surface area contributed by atoms with Gasteiger partial charge in [0, 0.05) is 81.6 Å². The molecule has 0 radical (unpaired) electrons. The predicted octanol–water partition coefficient (Wildman–Crippen LogP) is 5.95. The van der Waals surface area contributed by atoms with Crippen LogP contribution in [0.5, 0.6) is 0 Å². The molecule has 1 amide bonds. The molecule has 232 valence electrons. The molecule has 0 atom stereocenters. The van der Waals surface area contributed by atoms with Gasteiger partial charge in [-0.2, -0.15) is 13.2 Å². The Morgan fingerprint density at radius 1 is 0.911 bits per heavy atom. The van der Waals surface area contributed by atoms with Crippen LogP contribution in [0.3, 0.4) is 0 Å². The molecule has 1 aliphatic heterocycles. The quantitative estimate of drug-likeness (QED) is 0.245. The van der Waals surface area contributed by atoms with Crippen molar-refractivity contribution < 1.29 is 18.0 Å². The number of nitrogens with one attached hydrogen (secondary N) is 1. The number of pyridine rings is 1. The molecule has 5 aromatic rings. The van der Waals surface area contributed by atoms with E-state index < -0.39 is 17.6 Å². The van der Waals surface area contributed by atoms with E-state index in [1.165, 1.54) is 6.07 Å². The molecule has 11 heteroatoms. The van der Waals surface area contributed by atoms with Crippen molar-refractivity contribution in [1.29, 1.82) is 0 Å². The van der Waals surface area contributed by atoms with Crippen molar-refractivity contribution in [2.45, 2.75) is 26.1 Å². The first-order valence-corrected chi connectivity index (χ1v) is 14.8. The number of alkyl halides is 3. The Kier molecular flexibility index (Phi) is 8.39. The van der Waals surface area contributed by atoms with Gasteiger partial charge in [-0.05, 0) is 73.1 Å². The Morgan fingerprint density at radius 3 is 2.40 bits per heavy atom. The van der Waals surface area contributed by atoms with E-state index in [1.54, 1.807) is 30.6 Å². The molecule has 0 bridgehead atoms. The lowest BCUT2D eigenvalue weighted by molar-refractivity contribution is -0.138. The van der Waals surface area contributed by atoms with Crippen LogP contribution in [-0.2, 0) is 26.2 Å². The summed E-state index contributed by atoms with van der Waals surface area (Å²) in [6.07, 6.45) is 1.20. The van der Waals surface area contributed by atoms with E-state index in [0.717, 1.165) is 52.6 Å². The Balaban J connectivity index is 1.25. The molecule has 0 spiro atoms. The SMILES string of the molecule is Cc1ccc(C(=O)Nc2ccc(CN3CCN(C)CC3)c(C(F)(F)F)c2)cc1Cc1nc(-c2ccncc2)nc2ccn(C)c12. The second-order valence-electron chi connectivity index (χ2n) is 11.6. The van der Waals surface area contributed by atoms with Crippen LogP contribution in [0, 0.1) is 6.92 Å². The zero-order valence-electron chi connectivity index (χ0n) is 25.4. The van der Waals surface area contributed by atoms with Crippen molar-refractivity contribution >= 4 is 22.6 Å². The first-order valence-electron chi connectivity index (χ1n) is 14.8. The number of rotatable bonds is 7. The van der Waals surface area contributed by atoms with Gasteiger partial charge in [-0.1, -0.05) is 12.1 Å². The lowest BCUT2D eigenvalue weighted by Crippen LogP contribution is -2.44. The molecule has 45 heavy (non-hydrogen) atoms. The second kappa shape index (κ2) is 12.4. The number of likely N-dealkylation sites (N-methyl/N-ethyl adjacent to an activating group) is 1. The van der Waals surface area contributed by atoms with Gasteiger partial charge in [-0.15, -0.1) is 0 Å². The number of aryl methyl sites for hydroxylation is 2. The molecule has 2 aromatic carbocycles. The minimum Gasteiger partial charge on any atom is -0.348 e.